The van der Waals surface area contributed by atoms with E-state index in [9.17, 15) is 4.39 Å². The molecular weight excluding hydrogens is 257 g/mol. The molecule has 106 valence electrons. The molecule has 3 nitrogen and oxygen atoms in total. The first-order chi connectivity index (χ1) is 9.61. The number of benzene rings is 2. The fourth-order valence-corrected chi connectivity index (χ4v) is 1.97. The standard InChI is InChI=1S/C16H18FNO2/c1-11(18)16-14(17)4-3-5-15(16)20-10-12-6-8-13(19-2)9-7-12/h3-9,11H,10,18H2,1-2H3/t11-/m1/s1. The molecule has 2 aromatic carbocycles. The van der Waals surface area contributed by atoms with Gasteiger partial charge in [-0.15, -0.1) is 0 Å². The minimum absolute atomic E-state index is 0.341. The predicted molar refractivity (Wildman–Crippen MR) is 76.3 cm³/mol. The third-order valence-electron chi connectivity index (χ3n) is 3.02. The van der Waals surface area contributed by atoms with Crippen molar-refractivity contribution in [3.8, 4) is 11.5 Å². The van der Waals surface area contributed by atoms with Crippen molar-refractivity contribution in [3.63, 3.8) is 0 Å². The molecule has 0 heterocycles. The first-order valence-corrected chi connectivity index (χ1v) is 6.41. The van der Waals surface area contributed by atoms with Gasteiger partial charge in [0.05, 0.1) is 7.11 Å². The van der Waals surface area contributed by atoms with Crippen molar-refractivity contribution in [2.75, 3.05) is 7.11 Å². The quantitative estimate of drug-likeness (QED) is 0.909. The molecular formula is C16H18FNO2. The number of ether oxygens (including phenoxy) is 2. The molecule has 0 bridgehead atoms. The SMILES string of the molecule is COc1ccc(COc2cccc(F)c2[C@@H](C)N)cc1. The maximum Gasteiger partial charge on any atom is 0.131 e. The first-order valence-electron chi connectivity index (χ1n) is 6.41. The van der Waals surface area contributed by atoms with Gasteiger partial charge >= 0.3 is 0 Å². The summed E-state index contributed by atoms with van der Waals surface area (Å²) < 4.78 is 24.5. The highest BCUT2D eigenvalue weighted by Crippen LogP contribution is 2.27. The third kappa shape index (κ3) is 3.27. The Labute approximate surface area is 118 Å². The van der Waals surface area contributed by atoms with Gasteiger partial charge in [0.2, 0.25) is 0 Å². The molecule has 1 atom stereocenters. The van der Waals surface area contributed by atoms with Crippen molar-refractivity contribution in [3.05, 3.63) is 59.4 Å². The summed E-state index contributed by atoms with van der Waals surface area (Å²) in [5.74, 6) is 0.929. The highest BCUT2D eigenvalue weighted by Gasteiger charge is 2.13. The maximum atomic E-state index is 13.7. The summed E-state index contributed by atoms with van der Waals surface area (Å²) in [4.78, 5) is 0. The number of rotatable bonds is 5. The lowest BCUT2D eigenvalue weighted by atomic mass is 10.1. The van der Waals surface area contributed by atoms with Crippen LogP contribution in [0.4, 0.5) is 4.39 Å². The van der Waals surface area contributed by atoms with Gasteiger partial charge in [-0.25, -0.2) is 4.39 Å². The Kier molecular flexibility index (Phi) is 4.58. The summed E-state index contributed by atoms with van der Waals surface area (Å²) in [6.07, 6.45) is 0. The van der Waals surface area contributed by atoms with Crippen molar-refractivity contribution in [1.29, 1.82) is 0 Å². The Morgan fingerprint density at radius 2 is 1.85 bits per heavy atom. The van der Waals surface area contributed by atoms with Gasteiger partial charge < -0.3 is 15.2 Å². The highest BCUT2D eigenvalue weighted by molar-refractivity contribution is 5.37. The van der Waals surface area contributed by atoms with Crippen LogP contribution in [-0.4, -0.2) is 7.11 Å². The molecule has 0 aliphatic carbocycles. The lowest BCUT2D eigenvalue weighted by molar-refractivity contribution is 0.298. The van der Waals surface area contributed by atoms with Crippen LogP contribution in [0.5, 0.6) is 11.5 Å². The molecule has 0 fully saturated rings. The van der Waals surface area contributed by atoms with E-state index in [-0.39, 0.29) is 5.82 Å². The smallest absolute Gasteiger partial charge is 0.131 e. The van der Waals surface area contributed by atoms with Crippen LogP contribution in [0.1, 0.15) is 24.1 Å². The number of hydrogen-bond donors (Lipinski definition) is 1. The minimum atomic E-state index is -0.415. The molecule has 0 aliphatic heterocycles. The molecule has 0 aromatic heterocycles. The van der Waals surface area contributed by atoms with Crippen LogP contribution in [0.15, 0.2) is 42.5 Å². The van der Waals surface area contributed by atoms with Crippen LogP contribution >= 0.6 is 0 Å². The van der Waals surface area contributed by atoms with Gasteiger partial charge in [0, 0.05) is 11.6 Å². The van der Waals surface area contributed by atoms with Crippen LogP contribution in [0.2, 0.25) is 0 Å². The van der Waals surface area contributed by atoms with E-state index in [0.717, 1.165) is 11.3 Å². The molecule has 2 rings (SSSR count). The maximum absolute atomic E-state index is 13.7. The molecule has 0 unspecified atom stereocenters. The van der Waals surface area contributed by atoms with Crippen LogP contribution in [-0.2, 0) is 6.61 Å². The van der Waals surface area contributed by atoms with Gasteiger partial charge in [-0.2, -0.15) is 0 Å². The highest BCUT2D eigenvalue weighted by atomic mass is 19.1. The van der Waals surface area contributed by atoms with Gasteiger partial charge in [0.15, 0.2) is 0 Å². The van der Waals surface area contributed by atoms with Crippen molar-refractivity contribution in [2.45, 2.75) is 19.6 Å². The topological polar surface area (TPSA) is 44.5 Å². The van der Waals surface area contributed by atoms with E-state index in [0.29, 0.717) is 17.9 Å². The fourth-order valence-electron chi connectivity index (χ4n) is 1.97. The van der Waals surface area contributed by atoms with Crippen LogP contribution in [0, 0.1) is 5.82 Å². The zero-order valence-corrected chi connectivity index (χ0v) is 11.6. The van der Waals surface area contributed by atoms with E-state index in [1.807, 2.05) is 24.3 Å². The van der Waals surface area contributed by atoms with Gasteiger partial charge in [-0.05, 0) is 36.8 Å². The molecule has 0 saturated heterocycles. The summed E-state index contributed by atoms with van der Waals surface area (Å²) in [5, 5.41) is 0. The van der Waals surface area contributed by atoms with E-state index in [4.69, 9.17) is 15.2 Å². The van der Waals surface area contributed by atoms with E-state index >= 15 is 0 Å². The van der Waals surface area contributed by atoms with E-state index in [2.05, 4.69) is 0 Å². The Hall–Kier alpha value is -2.07. The summed E-state index contributed by atoms with van der Waals surface area (Å²) >= 11 is 0. The normalized spacial score (nSPS) is 12.0. The van der Waals surface area contributed by atoms with Gasteiger partial charge in [-0.3, -0.25) is 0 Å². The van der Waals surface area contributed by atoms with Crippen LogP contribution in [0.3, 0.4) is 0 Å². The number of nitrogens with two attached hydrogens (primary N) is 1. The van der Waals surface area contributed by atoms with Crippen molar-refractivity contribution >= 4 is 0 Å². The van der Waals surface area contributed by atoms with Crippen LogP contribution < -0.4 is 15.2 Å². The second-order valence-corrected chi connectivity index (χ2v) is 4.58. The molecule has 0 saturated carbocycles. The number of methoxy groups -OCH3 is 1. The Morgan fingerprint density at radius 1 is 1.15 bits per heavy atom. The van der Waals surface area contributed by atoms with Gasteiger partial charge in [0.25, 0.3) is 0 Å². The van der Waals surface area contributed by atoms with E-state index in [1.54, 1.807) is 26.2 Å². The second kappa shape index (κ2) is 6.39. The molecule has 0 radical (unpaired) electrons. The van der Waals surface area contributed by atoms with E-state index < -0.39 is 6.04 Å². The lowest BCUT2D eigenvalue weighted by Crippen LogP contribution is -2.10. The van der Waals surface area contributed by atoms with Gasteiger partial charge in [0.1, 0.15) is 23.9 Å². The minimum Gasteiger partial charge on any atom is -0.497 e. The molecule has 2 aromatic rings. The Bertz CT molecular complexity index is 567. The third-order valence-corrected chi connectivity index (χ3v) is 3.02. The predicted octanol–water partition coefficient (Wildman–Crippen LogP) is 3.43. The summed E-state index contributed by atoms with van der Waals surface area (Å²) in [6, 6.07) is 11.8. The van der Waals surface area contributed by atoms with Crippen LogP contribution in [0.25, 0.3) is 0 Å². The molecule has 0 amide bonds. The summed E-state index contributed by atoms with van der Waals surface area (Å²) in [5.41, 5.74) is 7.17. The number of halogens is 1. The van der Waals surface area contributed by atoms with Crippen molar-refractivity contribution < 1.29 is 13.9 Å². The molecule has 4 heteroatoms. The summed E-state index contributed by atoms with van der Waals surface area (Å²) in [6.45, 7) is 2.09. The van der Waals surface area contributed by atoms with Crippen molar-refractivity contribution in [1.82, 2.24) is 0 Å². The second-order valence-electron chi connectivity index (χ2n) is 4.58. The molecule has 0 aliphatic rings. The fraction of sp³-hybridized carbons (Fsp3) is 0.250. The number of hydrogen-bond acceptors (Lipinski definition) is 3. The molecule has 0 spiro atoms. The largest absolute Gasteiger partial charge is 0.497 e. The average Bonchev–Trinajstić information content (AvgIpc) is 2.45. The average molecular weight is 275 g/mol. The van der Waals surface area contributed by atoms with E-state index in [1.165, 1.54) is 6.07 Å². The molecule has 20 heavy (non-hydrogen) atoms. The summed E-state index contributed by atoms with van der Waals surface area (Å²) in [7, 11) is 1.62. The molecule has 2 N–H and O–H groups in total. The lowest BCUT2D eigenvalue weighted by Gasteiger charge is -2.15. The zero-order chi connectivity index (χ0) is 14.5. The first kappa shape index (κ1) is 14.3. The monoisotopic (exact) mass is 275 g/mol. The zero-order valence-electron chi connectivity index (χ0n) is 11.6. The van der Waals surface area contributed by atoms with Crippen molar-refractivity contribution in [2.24, 2.45) is 5.73 Å². The van der Waals surface area contributed by atoms with Gasteiger partial charge in [-0.1, -0.05) is 18.2 Å². The Morgan fingerprint density at radius 3 is 2.45 bits per heavy atom. The Balaban J connectivity index is 2.12.